The lowest BCUT2D eigenvalue weighted by atomic mass is 9.63. The molecule has 0 radical (unpaired) electrons. The summed E-state index contributed by atoms with van der Waals surface area (Å²) in [6.07, 6.45) is 2.21. The first kappa shape index (κ1) is 10.5. The highest BCUT2D eigenvalue weighted by molar-refractivity contribution is 7.09. The molecule has 1 aromatic heterocycles. The lowest BCUT2D eigenvalue weighted by Crippen LogP contribution is -3.40. The summed E-state index contributed by atoms with van der Waals surface area (Å²) in [6, 6.07) is 4.57. The van der Waals surface area contributed by atoms with Gasteiger partial charge in [0.1, 0.15) is 4.88 Å². The SMILES string of the molecule is CC12C[NH+]3CC(C)(C[NH+](C1)C3c1cccs1)C2. The Balaban J connectivity index is 1.74. The van der Waals surface area contributed by atoms with Crippen molar-refractivity contribution in [2.75, 3.05) is 26.2 Å². The molecule has 2 N–H and O–H groups in total. The van der Waals surface area contributed by atoms with Crippen LogP contribution in [0.2, 0.25) is 0 Å². The van der Waals surface area contributed by atoms with Crippen molar-refractivity contribution in [3.8, 4) is 0 Å². The molecule has 0 aliphatic carbocycles. The standard InChI is InChI=1S/C14H20N2S/c1-13-6-14(2)9-15(7-13)12(16(8-13)10-14)11-4-3-5-17-11/h3-5,12H,6-10H2,1-2H3/p+2. The van der Waals surface area contributed by atoms with Crippen molar-refractivity contribution in [2.24, 2.45) is 10.8 Å². The van der Waals surface area contributed by atoms with E-state index in [1.807, 2.05) is 21.1 Å². The smallest absolute Gasteiger partial charge is 0.249 e. The minimum absolute atomic E-state index is 0.615. The normalized spacial score (nSPS) is 52.0. The summed E-state index contributed by atoms with van der Waals surface area (Å²) in [4.78, 5) is 5.33. The van der Waals surface area contributed by atoms with E-state index in [1.165, 1.54) is 32.6 Å². The first-order chi connectivity index (χ1) is 8.07. The van der Waals surface area contributed by atoms with Gasteiger partial charge >= 0.3 is 0 Å². The molecular weight excluding hydrogens is 228 g/mol. The van der Waals surface area contributed by atoms with Gasteiger partial charge in [0.2, 0.25) is 6.17 Å². The maximum absolute atomic E-state index is 2.52. The number of rotatable bonds is 1. The highest BCUT2D eigenvalue weighted by atomic mass is 32.1. The molecule has 4 fully saturated rings. The predicted molar refractivity (Wildman–Crippen MR) is 69.3 cm³/mol. The van der Waals surface area contributed by atoms with Gasteiger partial charge in [-0.15, -0.1) is 11.3 Å². The van der Waals surface area contributed by atoms with Gasteiger partial charge in [-0.25, -0.2) is 0 Å². The predicted octanol–water partition coefficient (Wildman–Crippen LogP) is -0.0400. The van der Waals surface area contributed by atoms with Gasteiger partial charge in [0.25, 0.3) is 0 Å². The fourth-order valence-corrected chi connectivity index (χ4v) is 6.22. The van der Waals surface area contributed by atoms with Crippen LogP contribution >= 0.6 is 11.3 Å². The van der Waals surface area contributed by atoms with Crippen LogP contribution in [-0.2, 0) is 0 Å². The Morgan fingerprint density at radius 1 is 1.12 bits per heavy atom. The minimum atomic E-state index is 0.615. The second kappa shape index (κ2) is 3.14. The van der Waals surface area contributed by atoms with Crippen molar-refractivity contribution in [2.45, 2.75) is 26.4 Å². The number of thiophene rings is 1. The number of quaternary nitrogens is 2. The van der Waals surface area contributed by atoms with Crippen LogP contribution in [0, 0.1) is 10.8 Å². The van der Waals surface area contributed by atoms with Gasteiger partial charge < -0.3 is 0 Å². The summed E-state index contributed by atoms with van der Waals surface area (Å²) in [5.74, 6) is 0. The van der Waals surface area contributed by atoms with Crippen molar-refractivity contribution < 1.29 is 9.80 Å². The average Bonchev–Trinajstić information content (AvgIpc) is 2.65. The van der Waals surface area contributed by atoms with E-state index in [4.69, 9.17) is 0 Å². The molecule has 4 aliphatic rings. The molecule has 4 bridgehead atoms. The van der Waals surface area contributed by atoms with Gasteiger partial charge in [0.15, 0.2) is 0 Å². The van der Waals surface area contributed by atoms with E-state index in [0.29, 0.717) is 10.8 Å². The maximum atomic E-state index is 2.52. The quantitative estimate of drug-likeness (QED) is 0.692. The molecule has 92 valence electrons. The van der Waals surface area contributed by atoms with Crippen molar-refractivity contribution in [3.63, 3.8) is 0 Å². The molecule has 5 rings (SSSR count). The van der Waals surface area contributed by atoms with E-state index in [1.54, 1.807) is 4.88 Å². The van der Waals surface area contributed by atoms with Crippen LogP contribution in [0.25, 0.3) is 0 Å². The molecule has 0 atom stereocenters. The summed E-state index contributed by atoms with van der Waals surface area (Å²) in [6.45, 7) is 10.6. The van der Waals surface area contributed by atoms with Crippen LogP contribution in [0.3, 0.4) is 0 Å². The molecule has 1 aromatic rings. The summed E-state index contributed by atoms with van der Waals surface area (Å²) >= 11 is 1.96. The zero-order chi connectivity index (χ0) is 11.7. The summed E-state index contributed by atoms with van der Waals surface area (Å²) < 4.78 is 0. The third-order valence-corrected chi connectivity index (χ3v) is 6.05. The average molecular weight is 250 g/mol. The van der Waals surface area contributed by atoms with Gasteiger partial charge in [-0.1, -0.05) is 6.07 Å². The molecule has 4 saturated heterocycles. The maximum Gasteiger partial charge on any atom is 0.249 e. The molecule has 5 heterocycles. The van der Waals surface area contributed by atoms with E-state index < -0.39 is 0 Å². The van der Waals surface area contributed by atoms with Crippen LogP contribution in [0.5, 0.6) is 0 Å². The van der Waals surface area contributed by atoms with E-state index in [2.05, 4.69) is 31.4 Å². The van der Waals surface area contributed by atoms with E-state index >= 15 is 0 Å². The molecule has 0 saturated carbocycles. The molecular formula is C14H22N2S+2. The summed E-state index contributed by atoms with van der Waals surface area (Å²) in [5, 5.41) is 2.24. The Morgan fingerprint density at radius 2 is 1.71 bits per heavy atom. The van der Waals surface area contributed by atoms with E-state index in [-0.39, 0.29) is 0 Å². The third kappa shape index (κ3) is 1.46. The molecule has 3 heteroatoms. The Bertz CT molecular complexity index is 403. The van der Waals surface area contributed by atoms with Gasteiger partial charge in [-0.05, 0) is 31.7 Å². The molecule has 0 unspecified atom stereocenters. The first-order valence-electron chi connectivity index (χ1n) is 6.80. The van der Waals surface area contributed by atoms with Gasteiger partial charge in [0, 0.05) is 0 Å². The first-order valence-corrected chi connectivity index (χ1v) is 7.68. The molecule has 4 aliphatic heterocycles. The van der Waals surface area contributed by atoms with Crippen LogP contribution in [0.4, 0.5) is 0 Å². The Kier molecular flexibility index (Phi) is 1.94. The number of hydrogen-bond acceptors (Lipinski definition) is 1. The zero-order valence-corrected chi connectivity index (χ0v) is 11.6. The number of hydrogen-bond donors (Lipinski definition) is 2. The highest BCUT2D eigenvalue weighted by Crippen LogP contribution is 2.39. The fourth-order valence-electron chi connectivity index (χ4n) is 5.28. The van der Waals surface area contributed by atoms with E-state index in [0.717, 1.165) is 6.17 Å². The molecule has 2 nitrogen and oxygen atoms in total. The van der Waals surface area contributed by atoms with Gasteiger partial charge in [-0.3, -0.25) is 9.80 Å². The van der Waals surface area contributed by atoms with Gasteiger partial charge in [0.05, 0.1) is 37.0 Å². The Hall–Kier alpha value is -0.380. The lowest BCUT2D eigenvalue weighted by molar-refractivity contribution is -1.18. The Morgan fingerprint density at radius 3 is 2.18 bits per heavy atom. The van der Waals surface area contributed by atoms with Crippen LogP contribution < -0.4 is 9.80 Å². The largest absolute Gasteiger partial charge is 0.280 e. The number of piperidine rings is 2. The highest BCUT2D eigenvalue weighted by Gasteiger charge is 2.62. The molecule has 17 heavy (non-hydrogen) atoms. The summed E-state index contributed by atoms with van der Waals surface area (Å²) in [7, 11) is 0. The fraction of sp³-hybridized carbons (Fsp3) is 0.714. The molecule has 0 aromatic carbocycles. The molecule has 0 spiro atoms. The van der Waals surface area contributed by atoms with Crippen molar-refractivity contribution in [3.05, 3.63) is 22.4 Å². The molecule has 0 amide bonds. The third-order valence-electron chi connectivity index (χ3n) is 5.11. The minimum Gasteiger partial charge on any atom is -0.280 e. The topological polar surface area (TPSA) is 8.88 Å². The van der Waals surface area contributed by atoms with Crippen LogP contribution in [-0.4, -0.2) is 26.2 Å². The lowest BCUT2D eigenvalue weighted by Gasteiger charge is -2.60. The monoisotopic (exact) mass is 250 g/mol. The second-order valence-electron chi connectivity index (χ2n) is 7.27. The van der Waals surface area contributed by atoms with E-state index in [9.17, 15) is 0 Å². The van der Waals surface area contributed by atoms with Gasteiger partial charge in [-0.2, -0.15) is 0 Å². The van der Waals surface area contributed by atoms with Crippen molar-refractivity contribution in [1.29, 1.82) is 0 Å². The second-order valence-corrected chi connectivity index (χ2v) is 8.25. The summed E-state index contributed by atoms with van der Waals surface area (Å²) in [5.41, 5.74) is 1.23. The van der Waals surface area contributed by atoms with Crippen LogP contribution in [0.15, 0.2) is 17.5 Å². The zero-order valence-electron chi connectivity index (χ0n) is 10.8. The van der Waals surface area contributed by atoms with Crippen molar-refractivity contribution in [1.82, 2.24) is 0 Å². The number of nitrogens with one attached hydrogen (secondary N) is 2. The Labute approximate surface area is 107 Å². The van der Waals surface area contributed by atoms with Crippen molar-refractivity contribution >= 4 is 11.3 Å². The van der Waals surface area contributed by atoms with Crippen LogP contribution in [0.1, 0.15) is 31.3 Å².